The molecule has 5 amide bonds. The lowest BCUT2D eigenvalue weighted by Crippen LogP contribution is -2.61. The van der Waals surface area contributed by atoms with Gasteiger partial charge in [-0.3, -0.25) is 19.2 Å². The quantitative estimate of drug-likeness (QED) is 0.231. The van der Waals surface area contributed by atoms with Crippen molar-refractivity contribution in [3.63, 3.8) is 0 Å². The smallest absolute Gasteiger partial charge is 0.315 e. The minimum absolute atomic E-state index is 0.0896. The molecule has 1 aliphatic heterocycles. The zero-order valence-corrected chi connectivity index (χ0v) is 26.3. The topological polar surface area (TPSA) is 137 Å². The number of rotatable bonds is 11. The number of hydrogen-bond acceptors (Lipinski definition) is 5. The fraction of sp³-hybridized carbons (Fsp3) is 0.606. The molecule has 10 heteroatoms. The largest absolute Gasteiger partial charge is 0.346 e. The summed E-state index contributed by atoms with van der Waals surface area (Å²) in [5.41, 5.74) is 1.65. The van der Waals surface area contributed by atoms with E-state index in [1.807, 2.05) is 52.0 Å². The first-order valence-electron chi connectivity index (χ1n) is 15.4. The summed E-state index contributed by atoms with van der Waals surface area (Å²) in [5, 5.41) is 11.2. The Balaban J connectivity index is 1.59. The maximum absolute atomic E-state index is 14.4. The molecule has 3 aliphatic rings. The molecule has 4 rings (SSSR count). The summed E-state index contributed by atoms with van der Waals surface area (Å²) >= 11 is 0. The number of ketones is 1. The van der Waals surface area contributed by atoms with Crippen molar-refractivity contribution in [2.45, 2.75) is 90.9 Å². The molecule has 1 saturated carbocycles. The van der Waals surface area contributed by atoms with Crippen molar-refractivity contribution in [3.8, 4) is 0 Å². The molecule has 2 aliphatic carbocycles. The van der Waals surface area contributed by atoms with Crippen LogP contribution in [0.2, 0.25) is 0 Å². The fourth-order valence-electron chi connectivity index (χ4n) is 6.94. The van der Waals surface area contributed by atoms with Crippen molar-refractivity contribution in [3.05, 3.63) is 48.0 Å². The van der Waals surface area contributed by atoms with E-state index < -0.39 is 47.3 Å². The number of benzene rings is 1. The van der Waals surface area contributed by atoms with Gasteiger partial charge in [0.15, 0.2) is 0 Å². The number of hydrogen-bond donors (Lipinski definition) is 4. The number of amides is 5. The van der Waals surface area contributed by atoms with E-state index in [2.05, 4.69) is 41.7 Å². The second-order valence-electron chi connectivity index (χ2n) is 13.9. The number of likely N-dealkylation sites (tertiary alicyclic amines) is 1. The average molecular weight is 594 g/mol. The van der Waals surface area contributed by atoms with Crippen LogP contribution in [0.5, 0.6) is 0 Å². The van der Waals surface area contributed by atoms with Crippen LogP contribution in [0.1, 0.15) is 65.5 Å². The van der Waals surface area contributed by atoms with Crippen LogP contribution in [0.4, 0.5) is 4.79 Å². The molecular weight excluding hydrogens is 546 g/mol. The molecule has 0 aromatic heterocycles. The SMILES string of the molecule is C=CCNC(=O)C(=O)C(CCC)NC(=O)[C@@H]1[C@@H]2[C@H](CN1C(=O)[C@@H](NC(=O)NC(C)(C)C)C1Cc3ccccc3C1)C2(C)C. The van der Waals surface area contributed by atoms with Crippen molar-refractivity contribution >= 4 is 29.5 Å². The molecule has 1 aromatic carbocycles. The predicted molar refractivity (Wildman–Crippen MR) is 164 cm³/mol. The van der Waals surface area contributed by atoms with Gasteiger partial charge >= 0.3 is 6.03 Å². The number of piperidine rings is 1. The van der Waals surface area contributed by atoms with Crippen molar-refractivity contribution in [2.24, 2.45) is 23.2 Å². The van der Waals surface area contributed by atoms with E-state index in [4.69, 9.17) is 0 Å². The standard InChI is InChI=1S/C33H47N5O5/c1-8-12-23(27(39)29(41)34-15-9-2)35-28(40)26-24-22(33(24,6)7)18-38(26)30(42)25(36-31(43)37-32(3,4)5)21-16-19-13-10-11-14-20(19)17-21/h9-11,13-14,21-26H,2,8,12,15-18H2,1,3-7H3,(H,34,41)(H,35,40)(H2,36,37,43)/t22-,23?,24-,25-,26-/m0/s1. The summed E-state index contributed by atoms with van der Waals surface area (Å²) in [6.45, 7) is 15.7. The van der Waals surface area contributed by atoms with Gasteiger partial charge < -0.3 is 26.2 Å². The highest BCUT2D eigenvalue weighted by atomic mass is 16.2. The van der Waals surface area contributed by atoms with Crippen LogP contribution in [-0.2, 0) is 32.0 Å². The van der Waals surface area contributed by atoms with E-state index >= 15 is 0 Å². The summed E-state index contributed by atoms with van der Waals surface area (Å²) in [6.07, 6.45) is 3.62. The first kappa shape index (κ1) is 32.2. The number of fused-ring (bicyclic) bond motifs is 2. The summed E-state index contributed by atoms with van der Waals surface area (Å²) in [5.74, 6) is -2.39. The molecule has 43 heavy (non-hydrogen) atoms. The van der Waals surface area contributed by atoms with Crippen molar-refractivity contribution in [2.75, 3.05) is 13.1 Å². The normalized spacial score (nSPS) is 23.3. The van der Waals surface area contributed by atoms with Gasteiger partial charge in [0.2, 0.25) is 17.6 Å². The number of Topliss-reactive ketones (excluding diaryl/α,β-unsaturated/α-hetero) is 1. The highest BCUT2D eigenvalue weighted by Crippen LogP contribution is 2.65. The number of nitrogens with one attached hydrogen (secondary N) is 4. The van der Waals surface area contributed by atoms with Crippen LogP contribution < -0.4 is 21.3 Å². The van der Waals surface area contributed by atoms with Gasteiger partial charge in [-0.25, -0.2) is 4.79 Å². The third kappa shape index (κ3) is 6.94. The van der Waals surface area contributed by atoms with Gasteiger partial charge in [0.1, 0.15) is 12.1 Å². The van der Waals surface area contributed by atoms with Crippen LogP contribution in [0.15, 0.2) is 36.9 Å². The number of nitrogens with zero attached hydrogens (tertiary/aromatic N) is 1. The zero-order valence-electron chi connectivity index (χ0n) is 26.3. The Kier molecular flexibility index (Phi) is 9.37. The third-order valence-corrected chi connectivity index (χ3v) is 9.20. The van der Waals surface area contributed by atoms with E-state index in [0.29, 0.717) is 32.2 Å². The number of urea groups is 1. The number of carbonyl (C=O) groups excluding carboxylic acids is 5. The van der Waals surface area contributed by atoms with Crippen molar-refractivity contribution < 1.29 is 24.0 Å². The molecule has 10 nitrogen and oxygen atoms in total. The van der Waals surface area contributed by atoms with E-state index in [-0.39, 0.29) is 35.6 Å². The van der Waals surface area contributed by atoms with Gasteiger partial charge in [-0.05, 0) is 74.3 Å². The van der Waals surface area contributed by atoms with E-state index in [1.54, 1.807) is 4.90 Å². The second-order valence-corrected chi connectivity index (χ2v) is 13.9. The molecule has 4 N–H and O–H groups in total. The van der Waals surface area contributed by atoms with E-state index in [9.17, 15) is 24.0 Å². The third-order valence-electron chi connectivity index (χ3n) is 9.20. The van der Waals surface area contributed by atoms with Gasteiger partial charge in [-0.15, -0.1) is 6.58 Å². The molecule has 1 aromatic rings. The Morgan fingerprint density at radius 2 is 1.70 bits per heavy atom. The van der Waals surface area contributed by atoms with Crippen LogP contribution >= 0.6 is 0 Å². The molecule has 1 unspecified atom stereocenters. The highest BCUT2D eigenvalue weighted by Gasteiger charge is 2.69. The molecule has 0 spiro atoms. The number of carbonyl (C=O) groups is 5. The van der Waals surface area contributed by atoms with Crippen LogP contribution in [0, 0.1) is 23.2 Å². The summed E-state index contributed by atoms with van der Waals surface area (Å²) < 4.78 is 0. The molecule has 0 bridgehead atoms. The van der Waals surface area contributed by atoms with E-state index in [1.165, 1.54) is 6.08 Å². The Hall–Kier alpha value is -3.69. The molecule has 1 heterocycles. The molecular formula is C33H47N5O5. The van der Waals surface area contributed by atoms with Crippen LogP contribution in [0.25, 0.3) is 0 Å². The fourth-order valence-corrected chi connectivity index (χ4v) is 6.94. The van der Waals surface area contributed by atoms with Gasteiger partial charge in [-0.1, -0.05) is 57.5 Å². The minimum atomic E-state index is -1.00. The molecule has 0 radical (unpaired) electrons. The summed E-state index contributed by atoms with van der Waals surface area (Å²) in [4.78, 5) is 68.4. The monoisotopic (exact) mass is 593 g/mol. The Labute approximate surface area is 254 Å². The van der Waals surface area contributed by atoms with Gasteiger partial charge in [0.05, 0.1) is 6.04 Å². The predicted octanol–water partition coefficient (Wildman–Crippen LogP) is 2.51. The van der Waals surface area contributed by atoms with Crippen molar-refractivity contribution in [1.29, 1.82) is 0 Å². The maximum atomic E-state index is 14.4. The first-order valence-corrected chi connectivity index (χ1v) is 15.4. The minimum Gasteiger partial charge on any atom is -0.346 e. The van der Waals surface area contributed by atoms with E-state index in [0.717, 1.165) is 11.1 Å². The Morgan fingerprint density at radius 3 is 2.26 bits per heavy atom. The molecule has 1 saturated heterocycles. The lowest BCUT2D eigenvalue weighted by atomic mass is 9.93. The Bertz CT molecular complexity index is 1260. The zero-order chi connectivity index (χ0) is 31.7. The Morgan fingerprint density at radius 1 is 1.07 bits per heavy atom. The summed E-state index contributed by atoms with van der Waals surface area (Å²) in [7, 11) is 0. The molecule has 5 atom stereocenters. The highest BCUT2D eigenvalue weighted by molar-refractivity contribution is 6.38. The first-order chi connectivity index (χ1) is 20.2. The van der Waals surface area contributed by atoms with Gasteiger partial charge in [-0.2, -0.15) is 0 Å². The summed E-state index contributed by atoms with van der Waals surface area (Å²) in [6, 6.07) is 4.94. The maximum Gasteiger partial charge on any atom is 0.315 e. The van der Waals surface area contributed by atoms with Crippen molar-refractivity contribution in [1.82, 2.24) is 26.2 Å². The lowest BCUT2D eigenvalue weighted by molar-refractivity contribution is -0.144. The van der Waals surface area contributed by atoms with Gasteiger partial charge in [0.25, 0.3) is 5.91 Å². The molecule has 234 valence electrons. The molecule has 2 fully saturated rings. The lowest BCUT2D eigenvalue weighted by Gasteiger charge is -2.35. The average Bonchev–Trinajstić information content (AvgIpc) is 3.30. The second kappa shape index (κ2) is 12.5. The van der Waals surface area contributed by atoms with Crippen LogP contribution in [-0.4, -0.2) is 71.2 Å². The van der Waals surface area contributed by atoms with Gasteiger partial charge in [0, 0.05) is 18.6 Å². The van der Waals surface area contributed by atoms with Crippen LogP contribution in [0.3, 0.4) is 0 Å².